The van der Waals surface area contributed by atoms with Gasteiger partial charge in [0.05, 0.1) is 43.4 Å². The van der Waals surface area contributed by atoms with Crippen LogP contribution in [0.15, 0.2) is 18.6 Å². The van der Waals surface area contributed by atoms with Crippen LogP contribution in [0.25, 0.3) is 0 Å². The Hall–Kier alpha value is -2.63. The van der Waals surface area contributed by atoms with Gasteiger partial charge in [-0.1, -0.05) is 11.6 Å². The summed E-state index contributed by atoms with van der Waals surface area (Å²) in [6.45, 7) is 0.601. The van der Waals surface area contributed by atoms with Crippen LogP contribution < -0.4 is 16.0 Å². The molecule has 2 aliphatic rings. The van der Waals surface area contributed by atoms with Crippen LogP contribution in [0.1, 0.15) is 0 Å². The Balaban J connectivity index is 1.45. The highest BCUT2D eigenvalue weighted by molar-refractivity contribution is 6.32. The second-order valence-corrected chi connectivity index (χ2v) is 6.73. The average Bonchev–Trinajstić information content (AvgIpc) is 3.30. The standard InChI is InChI=1S/C15H18ClN7O4/c1-23-4-7(2-18-23)19-14-17-3-8(16)13(22-14)20-9-5-26-12-10(21-15(24)25)6-27-11(9)12/h2-4,9-12,21H,5-6H2,1H3,(H,24,25)(H2,17,19,20,22)/t9-,10+,11?,12?/m1/s1. The molecule has 0 spiro atoms. The highest BCUT2D eigenvalue weighted by atomic mass is 35.5. The molecule has 0 saturated carbocycles. The molecule has 1 amide bonds. The molecule has 4 heterocycles. The minimum atomic E-state index is -1.10. The number of carbonyl (C=O) groups is 1. The lowest BCUT2D eigenvalue weighted by Crippen LogP contribution is -2.44. The van der Waals surface area contributed by atoms with Gasteiger partial charge in [0.1, 0.15) is 17.2 Å². The highest BCUT2D eigenvalue weighted by Gasteiger charge is 2.48. The third kappa shape index (κ3) is 3.75. The molecule has 0 aliphatic carbocycles. The van der Waals surface area contributed by atoms with E-state index in [9.17, 15) is 4.79 Å². The first kappa shape index (κ1) is 17.8. The van der Waals surface area contributed by atoms with Gasteiger partial charge in [0.2, 0.25) is 5.95 Å². The van der Waals surface area contributed by atoms with Gasteiger partial charge in [-0.2, -0.15) is 10.1 Å². The molecule has 2 aromatic rings. The van der Waals surface area contributed by atoms with Crippen molar-refractivity contribution in [2.24, 2.45) is 7.05 Å². The lowest BCUT2D eigenvalue weighted by molar-refractivity contribution is 0.0674. The highest BCUT2D eigenvalue weighted by Crippen LogP contribution is 2.30. The van der Waals surface area contributed by atoms with Crippen molar-refractivity contribution in [2.45, 2.75) is 24.3 Å². The van der Waals surface area contributed by atoms with Gasteiger partial charge in [-0.3, -0.25) is 4.68 Å². The Labute approximate surface area is 159 Å². The van der Waals surface area contributed by atoms with Gasteiger partial charge < -0.3 is 30.5 Å². The summed E-state index contributed by atoms with van der Waals surface area (Å²) in [7, 11) is 1.81. The maximum absolute atomic E-state index is 10.9. The Bertz CT molecular complexity index is 847. The van der Waals surface area contributed by atoms with E-state index in [1.54, 1.807) is 17.1 Å². The predicted molar refractivity (Wildman–Crippen MR) is 95.4 cm³/mol. The Morgan fingerprint density at radius 3 is 2.74 bits per heavy atom. The van der Waals surface area contributed by atoms with E-state index in [2.05, 4.69) is 31.0 Å². The zero-order chi connectivity index (χ0) is 19.0. The van der Waals surface area contributed by atoms with Crippen LogP contribution in [0.2, 0.25) is 5.02 Å². The number of nitrogens with one attached hydrogen (secondary N) is 3. The second kappa shape index (κ2) is 7.18. The van der Waals surface area contributed by atoms with E-state index in [1.807, 2.05) is 7.05 Å². The molecule has 11 nitrogen and oxygen atoms in total. The Morgan fingerprint density at radius 2 is 2.04 bits per heavy atom. The molecule has 2 aromatic heterocycles. The largest absolute Gasteiger partial charge is 0.465 e. The number of halogens is 1. The Morgan fingerprint density at radius 1 is 1.30 bits per heavy atom. The molecule has 0 aromatic carbocycles. The van der Waals surface area contributed by atoms with Crippen LogP contribution >= 0.6 is 11.6 Å². The number of hydrogen-bond acceptors (Lipinski definition) is 8. The molecule has 144 valence electrons. The third-order valence-electron chi connectivity index (χ3n) is 4.39. The first-order chi connectivity index (χ1) is 13.0. The van der Waals surface area contributed by atoms with Crippen LogP contribution in [-0.4, -0.2) is 68.5 Å². The lowest BCUT2D eigenvalue weighted by Gasteiger charge is -2.19. The fourth-order valence-electron chi connectivity index (χ4n) is 3.22. The number of carboxylic acid groups (broad SMARTS) is 1. The van der Waals surface area contributed by atoms with E-state index in [4.69, 9.17) is 26.2 Å². The first-order valence-electron chi connectivity index (χ1n) is 8.27. The molecule has 0 radical (unpaired) electrons. The molecule has 2 saturated heterocycles. The van der Waals surface area contributed by atoms with Gasteiger partial charge in [0.25, 0.3) is 0 Å². The zero-order valence-electron chi connectivity index (χ0n) is 14.3. The van der Waals surface area contributed by atoms with Gasteiger partial charge >= 0.3 is 6.09 Å². The number of rotatable bonds is 5. The van der Waals surface area contributed by atoms with E-state index in [1.165, 1.54) is 6.20 Å². The normalized spacial score (nSPS) is 26.6. The van der Waals surface area contributed by atoms with Crippen molar-refractivity contribution < 1.29 is 19.4 Å². The van der Waals surface area contributed by atoms with E-state index >= 15 is 0 Å². The van der Waals surface area contributed by atoms with Crippen molar-refractivity contribution in [3.8, 4) is 0 Å². The van der Waals surface area contributed by atoms with E-state index in [0.717, 1.165) is 5.69 Å². The number of anilines is 3. The number of hydrogen-bond donors (Lipinski definition) is 4. The molecule has 4 N–H and O–H groups in total. The van der Waals surface area contributed by atoms with E-state index in [0.29, 0.717) is 23.4 Å². The fourth-order valence-corrected chi connectivity index (χ4v) is 3.37. The van der Waals surface area contributed by atoms with E-state index in [-0.39, 0.29) is 24.9 Å². The summed E-state index contributed by atoms with van der Waals surface area (Å²) in [6.07, 6.45) is 3.18. The summed E-state index contributed by atoms with van der Waals surface area (Å²) < 4.78 is 13.1. The summed E-state index contributed by atoms with van der Waals surface area (Å²) in [5.74, 6) is 0.800. The number of fused-ring (bicyclic) bond motifs is 1. The van der Waals surface area contributed by atoms with Crippen molar-refractivity contribution in [1.29, 1.82) is 0 Å². The maximum Gasteiger partial charge on any atom is 0.405 e. The summed E-state index contributed by atoms with van der Waals surface area (Å²) in [6, 6.07) is -0.614. The molecule has 4 atom stereocenters. The van der Waals surface area contributed by atoms with Gasteiger partial charge in [-0.05, 0) is 0 Å². The molecule has 0 bridgehead atoms. The van der Waals surface area contributed by atoms with Crippen molar-refractivity contribution >= 4 is 35.1 Å². The zero-order valence-corrected chi connectivity index (χ0v) is 15.1. The first-order valence-corrected chi connectivity index (χ1v) is 8.65. The average molecular weight is 396 g/mol. The van der Waals surface area contributed by atoms with Crippen LogP contribution in [0.5, 0.6) is 0 Å². The molecular formula is C15H18ClN7O4. The van der Waals surface area contributed by atoms with Crippen LogP contribution in [0.4, 0.5) is 22.2 Å². The summed E-state index contributed by atoms with van der Waals surface area (Å²) >= 11 is 6.22. The van der Waals surface area contributed by atoms with Gasteiger partial charge in [0, 0.05) is 13.2 Å². The maximum atomic E-state index is 10.9. The number of nitrogens with zero attached hydrogens (tertiary/aromatic N) is 4. The second-order valence-electron chi connectivity index (χ2n) is 6.32. The van der Waals surface area contributed by atoms with Gasteiger partial charge in [-0.15, -0.1) is 0 Å². The minimum Gasteiger partial charge on any atom is -0.465 e. The molecule has 12 heteroatoms. The van der Waals surface area contributed by atoms with Crippen molar-refractivity contribution in [2.75, 3.05) is 23.8 Å². The summed E-state index contributed by atoms with van der Waals surface area (Å²) in [5, 5.41) is 22.0. The number of aromatic nitrogens is 4. The topological polar surface area (TPSA) is 135 Å². The summed E-state index contributed by atoms with van der Waals surface area (Å²) in [4.78, 5) is 19.4. The van der Waals surface area contributed by atoms with Crippen LogP contribution in [0.3, 0.4) is 0 Å². The van der Waals surface area contributed by atoms with E-state index < -0.39 is 12.1 Å². The van der Waals surface area contributed by atoms with Gasteiger partial charge in [0.15, 0.2) is 5.82 Å². The summed E-state index contributed by atoms with van der Waals surface area (Å²) in [5.41, 5.74) is 0.747. The molecular weight excluding hydrogens is 378 g/mol. The van der Waals surface area contributed by atoms with Crippen LogP contribution in [0, 0.1) is 0 Å². The van der Waals surface area contributed by atoms with Crippen molar-refractivity contribution in [3.63, 3.8) is 0 Å². The molecule has 4 rings (SSSR count). The molecule has 2 fully saturated rings. The smallest absolute Gasteiger partial charge is 0.405 e. The quantitative estimate of drug-likeness (QED) is 0.580. The third-order valence-corrected chi connectivity index (χ3v) is 4.67. The number of ether oxygens (including phenoxy) is 2. The lowest BCUT2D eigenvalue weighted by atomic mass is 10.1. The number of amides is 1. The molecule has 2 unspecified atom stereocenters. The van der Waals surface area contributed by atoms with Crippen LogP contribution in [-0.2, 0) is 16.5 Å². The monoisotopic (exact) mass is 395 g/mol. The van der Waals surface area contributed by atoms with Crippen molar-refractivity contribution in [3.05, 3.63) is 23.6 Å². The number of aryl methyl sites for hydroxylation is 1. The molecule has 2 aliphatic heterocycles. The molecule has 27 heavy (non-hydrogen) atoms. The van der Waals surface area contributed by atoms with Crippen molar-refractivity contribution in [1.82, 2.24) is 25.1 Å². The SMILES string of the molecule is Cn1cc(Nc2ncc(Cl)c(N[C@@H]3COC4C3OC[C@@H]4NC(=O)O)n2)cn1. The Kier molecular flexibility index (Phi) is 4.72. The predicted octanol–water partition coefficient (Wildman–Crippen LogP) is 0.821. The fraction of sp³-hybridized carbons (Fsp3) is 0.467. The minimum absolute atomic E-state index is 0.214. The van der Waals surface area contributed by atoms with Gasteiger partial charge in [-0.25, -0.2) is 9.78 Å².